The van der Waals surface area contributed by atoms with Gasteiger partial charge in [-0.3, -0.25) is 4.90 Å². The van der Waals surface area contributed by atoms with Crippen LogP contribution in [0.1, 0.15) is 11.3 Å². The number of rotatable bonds is 5. The highest BCUT2D eigenvalue weighted by molar-refractivity contribution is 5.54. The van der Waals surface area contributed by atoms with Crippen molar-refractivity contribution in [2.45, 2.75) is 13.1 Å². The van der Waals surface area contributed by atoms with Crippen LogP contribution < -0.4 is 0 Å². The van der Waals surface area contributed by atoms with Gasteiger partial charge in [-0.05, 0) is 36.0 Å². The van der Waals surface area contributed by atoms with Gasteiger partial charge in [0.1, 0.15) is 5.65 Å². The first kappa shape index (κ1) is 14.5. The van der Waals surface area contributed by atoms with Crippen LogP contribution in [-0.2, 0) is 13.1 Å². The molecule has 0 amide bonds. The van der Waals surface area contributed by atoms with Crippen molar-refractivity contribution in [3.63, 3.8) is 0 Å². The minimum absolute atomic E-state index is 0.611. The van der Waals surface area contributed by atoms with Gasteiger partial charge in [-0.2, -0.15) is 5.21 Å². The predicted molar refractivity (Wildman–Crippen MR) is 90.0 cm³/mol. The molecule has 24 heavy (non-hydrogen) atoms. The number of hydrogen-bond acceptors (Lipinski definition) is 5. The van der Waals surface area contributed by atoms with Gasteiger partial charge in [0.2, 0.25) is 5.82 Å². The van der Waals surface area contributed by atoms with Gasteiger partial charge in [0.25, 0.3) is 0 Å². The Kier molecular flexibility index (Phi) is 3.76. The summed E-state index contributed by atoms with van der Waals surface area (Å²) in [5.41, 5.74) is 4.18. The molecule has 3 aromatic heterocycles. The number of benzene rings is 1. The highest BCUT2D eigenvalue weighted by Gasteiger charge is 2.08. The summed E-state index contributed by atoms with van der Waals surface area (Å²) in [7, 11) is 2.09. The molecule has 120 valence electrons. The van der Waals surface area contributed by atoms with Crippen LogP contribution in [0, 0.1) is 0 Å². The number of aromatic nitrogens is 6. The highest BCUT2D eigenvalue weighted by atomic mass is 15.5. The van der Waals surface area contributed by atoms with Crippen LogP contribution in [0.5, 0.6) is 0 Å². The normalized spacial score (nSPS) is 11.4. The number of tetrazole rings is 1. The molecule has 1 N–H and O–H groups in total. The first-order valence-electron chi connectivity index (χ1n) is 7.72. The molecule has 0 spiro atoms. The Balaban J connectivity index is 1.47. The summed E-state index contributed by atoms with van der Waals surface area (Å²) < 4.78 is 2.04. The predicted octanol–water partition coefficient (Wildman–Crippen LogP) is 2.15. The molecule has 0 atom stereocenters. The van der Waals surface area contributed by atoms with E-state index in [0.717, 1.165) is 30.0 Å². The lowest BCUT2D eigenvalue weighted by Crippen LogP contribution is -2.17. The third-order valence-electron chi connectivity index (χ3n) is 3.83. The van der Waals surface area contributed by atoms with Crippen molar-refractivity contribution in [3.8, 4) is 11.4 Å². The molecule has 0 aliphatic heterocycles. The van der Waals surface area contributed by atoms with Crippen molar-refractivity contribution >= 4 is 5.65 Å². The second-order valence-electron chi connectivity index (χ2n) is 5.81. The van der Waals surface area contributed by atoms with E-state index in [1.54, 1.807) is 0 Å². The van der Waals surface area contributed by atoms with Gasteiger partial charge in [0.05, 0.1) is 5.69 Å². The van der Waals surface area contributed by atoms with Crippen LogP contribution in [0.25, 0.3) is 17.0 Å². The molecule has 0 bridgehead atoms. The summed E-state index contributed by atoms with van der Waals surface area (Å²) in [6.07, 6.45) is 4.09. The topological polar surface area (TPSA) is 75.0 Å². The zero-order valence-corrected chi connectivity index (χ0v) is 13.3. The van der Waals surface area contributed by atoms with Crippen LogP contribution in [0.15, 0.2) is 54.9 Å². The number of H-pyrrole nitrogens is 1. The summed E-state index contributed by atoms with van der Waals surface area (Å²) >= 11 is 0. The molecule has 0 aliphatic rings. The van der Waals surface area contributed by atoms with E-state index in [1.165, 1.54) is 5.56 Å². The largest absolute Gasteiger partial charge is 0.307 e. The number of nitrogens with zero attached hydrogens (tertiary/aromatic N) is 6. The molecule has 1 aromatic carbocycles. The standard InChI is InChI=1S/C17H17N7/c1-23(11-15-12-24-8-3-2-7-16(24)18-15)10-13-5-4-6-14(9-13)17-19-21-22-20-17/h2-9,12H,10-11H2,1H3,(H,19,20,21,22). The fourth-order valence-corrected chi connectivity index (χ4v) is 2.80. The number of pyridine rings is 1. The zero-order valence-electron chi connectivity index (χ0n) is 13.3. The van der Waals surface area contributed by atoms with Crippen molar-refractivity contribution in [3.05, 3.63) is 66.1 Å². The maximum atomic E-state index is 4.64. The number of fused-ring (bicyclic) bond motifs is 1. The summed E-state index contributed by atoms with van der Waals surface area (Å²) in [5.74, 6) is 0.611. The Morgan fingerprint density at radius 1 is 1.12 bits per heavy atom. The van der Waals surface area contributed by atoms with E-state index in [0.29, 0.717) is 5.82 Å². The van der Waals surface area contributed by atoms with E-state index >= 15 is 0 Å². The molecule has 3 heterocycles. The van der Waals surface area contributed by atoms with E-state index in [-0.39, 0.29) is 0 Å². The molecule has 0 saturated carbocycles. The van der Waals surface area contributed by atoms with Crippen LogP contribution in [0.3, 0.4) is 0 Å². The monoisotopic (exact) mass is 319 g/mol. The molecule has 0 saturated heterocycles. The zero-order chi connectivity index (χ0) is 16.4. The van der Waals surface area contributed by atoms with E-state index < -0.39 is 0 Å². The van der Waals surface area contributed by atoms with Gasteiger partial charge in [-0.25, -0.2) is 4.98 Å². The second kappa shape index (κ2) is 6.21. The average molecular weight is 319 g/mol. The third-order valence-corrected chi connectivity index (χ3v) is 3.83. The van der Waals surface area contributed by atoms with E-state index in [1.807, 2.05) is 40.9 Å². The second-order valence-corrected chi connectivity index (χ2v) is 5.81. The Labute approximate surface area is 139 Å². The Morgan fingerprint density at radius 3 is 2.92 bits per heavy atom. The van der Waals surface area contributed by atoms with E-state index in [9.17, 15) is 0 Å². The lowest BCUT2D eigenvalue weighted by atomic mass is 10.1. The molecule has 0 radical (unpaired) electrons. The van der Waals surface area contributed by atoms with Gasteiger partial charge < -0.3 is 4.40 Å². The average Bonchev–Trinajstić information content (AvgIpc) is 3.24. The van der Waals surface area contributed by atoms with Crippen LogP contribution in [0.4, 0.5) is 0 Å². The van der Waals surface area contributed by atoms with Crippen molar-refractivity contribution < 1.29 is 0 Å². The number of hydrogen-bond donors (Lipinski definition) is 1. The van der Waals surface area contributed by atoms with Crippen LogP contribution in [0.2, 0.25) is 0 Å². The summed E-state index contributed by atoms with van der Waals surface area (Å²) in [4.78, 5) is 6.87. The fourth-order valence-electron chi connectivity index (χ4n) is 2.80. The minimum atomic E-state index is 0.611. The van der Waals surface area contributed by atoms with Crippen molar-refractivity contribution in [1.29, 1.82) is 0 Å². The Morgan fingerprint density at radius 2 is 2.08 bits per heavy atom. The SMILES string of the molecule is CN(Cc1cccc(-c2nn[nH]n2)c1)Cc1cn2ccccc2n1. The number of nitrogens with one attached hydrogen (secondary N) is 1. The molecule has 0 aliphatic carbocycles. The molecule has 0 unspecified atom stereocenters. The number of aromatic amines is 1. The van der Waals surface area contributed by atoms with Gasteiger partial charge in [0, 0.05) is 31.0 Å². The number of imidazole rings is 1. The van der Waals surface area contributed by atoms with Gasteiger partial charge in [-0.15, -0.1) is 10.2 Å². The lowest BCUT2D eigenvalue weighted by molar-refractivity contribution is 0.316. The first-order valence-corrected chi connectivity index (χ1v) is 7.72. The van der Waals surface area contributed by atoms with Crippen molar-refractivity contribution in [2.24, 2.45) is 0 Å². The van der Waals surface area contributed by atoms with Gasteiger partial charge in [-0.1, -0.05) is 24.3 Å². The van der Waals surface area contributed by atoms with Crippen LogP contribution >= 0.6 is 0 Å². The first-order chi connectivity index (χ1) is 11.8. The Hall–Kier alpha value is -3.06. The van der Waals surface area contributed by atoms with Crippen molar-refractivity contribution in [1.82, 2.24) is 34.9 Å². The molecule has 4 aromatic rings. The smallest absolute Gasteiger partial charge is 0.204 e. The quantitative estimate of drug-likeness (QED) is 0.610. The molecule has 7 heteroatoms. The Bertz CT molecular complexity index is 909. The molecule has 7 nitrogen and oxygen atoms in total. The highest BCUT2D eigenvalue weighted by Crippen LogP contribution is 2.16. The van der Waals surface area contributed by atoms with Crippen molar-refractivity contribution in [2.75, 3.05) is 7.05 Å². The summed E-state index contributed by atoms with van der Waals surface area (Å²) in [6.45, 7) is 1.60. The fraction of sp³-hybridized carbons (Fsp3) is 0.176. The lowest BCUT2D eigenvalue weighted by Gasteiger charge is -2.15. The molecular formula is C17H17N7. The maximum Gasteiger partial charge on any atom is 0.204 e. The maximum absolute atomic E-state index is 4.64. The molecule has 4 rings (SSSR count). The van der Waals surface area contributed by atoms with E-state index in [4.69, 9.17) is 0 Å². The van der Waals surface area contributed by atoms with Gasteiger partial charge in [0.15, 0.2) is 0 Å². The molecule has 0 fully saturated rings. The summed E-state index contributed by atoms with van der Waals surface area (Å²) in [5, 5.41) is 14.1. The molecular weight excluding hydrogens is 302 g/mol. The minimum Gasteiger partial charge on any atom is -0.307 e. The van der Waals surface area contributed by atoms with Crippen LogP contribution in [-0.4, -0.2) is 42.0 Å². The van der Waals surface area contributed by atoms with E-state index in [2.05, 4.69) is 55.9 Å². The summed E-state index contributed by atoms with van der Waals surface area (Å²) in [6, 6.07) is 14.2. The third kappa shape index (κ3) is 3.02. The van der Waals surface area contributed by atoms with Gasteiger partial charge >= 0.3 is 0 Å².